The summed E-state index contributed by atoms with van der Waals surface area (Å²) in [4.78, 5) is 22.7. The standard InChI is InChI=1S/C14H19NO4/c1-8-6-9(2)11(7-10(8)12(16)17)15-13(18)19-14(3,4)5/h6-7H,1-5H3,(H,15,18)(H,16,17). The maximum Gasteiger partial charge on any atom is 0.412 e. The maximum absolute atomic E-state index is 11.7. The molecule has 0 aliphatic heterocycles. The summed E-state index contributed by atoms with van der Waals surface area (Å²) < 4.78 is 5.13. The summed E-state index contributed by atoms with van der Waals surface area (Å²) in [6.07, 6.45) is -0.601. The molecular formula is C14H19NO4. The lowest BCUT2D eigenvalue weighted by Gasteiger charge is -2.20. The third kappa shape index (κ3) is 4.28. The molecule has 0 bridgehead atoms. The Morgan fingerprint density at radius 2 is 1.74 bits per heavy atom. The zero-order valence-electron chi connectivity index (χ0n) is 11.8. The van der Waals surface area contributed by atoms with Crippen molar-refractivity contribution in [3.05, 3.63) is 28.8 Å². The zero-order valence-corrected chi connectivity index (χ0v) is 11.8. The van der Waals surface area contributed by atoms with Gasteiger partial charge in [-0.05, 0) is 51.8 Å². The first-order valence-electron chi connectivity index (χ1n) is 5.94. The largest absolute Gasteiger partial charge is 0.478 e. The van der Waals surface area contributed by atoms with E-state index in [0.29, 0.717) is 11.3 Å². The van der Waals surface area contributed by atoms with E-state index in [1.165, 1.54) is 6.07 Å². The molecule has 5 nitrogen and oxygen atoms in total. The van der Waals surface area contributed by atoms with Crippen LogP contribution >= 0.6 is 0 Å². The molecule has 0 spiro atoms. The van der Waals surface area contributed by atoms with Crippen molar-refractivity contribution in [2.75, 3.05) is 5.32 Å². The molecule has 0 aliphatic carbocycles. The molecule has 19 heavy (non-hydrogen) atoms. The number of carbonyl (C=O) groups is 2. The molecule has 0 aliphatic rings. The third-order valence-corrected chi connectivity index (χ3v) is 2.44. The van der Waals surface area contributed by atoms with Gasteiger partial charge >= 0.3 is 12.1 Å². The predicted octanol–water partition coefficient (Wildman–Crippen LogP) is 3.35. The second-order valence-electron chi connectivity index (χ2n) is 5.41. The zero-order chi connectivity index (χ0) is 14.8. The number of nitrogens with one attached hydrogen (secondary N) is 1. The number of aryl methyl sites for hydroxylation is 2. The number of carboxylic acid groups (broad SMARTS) is 1. The Morgan fingerprint density at radius 1 is 1.16 bits per heavy atom. The maximum atomic E-state index is 11.7. The number of rotatable bonds is 2. The highest BCUT2D eigenvalue weighted by molar-refractivity contribution is 5.93. The number of hydrogen-bond acceptors (Lipinski definition) is 3. The summed E-state index contributed by atoms with van der Waals surface area (Å²) in [6.45, 7) is 8.80. The Labute approximate surface area is 112 Å². The summed E-state index contributed by atoms with van der Waals surface area (Å²) in [5.41, 5.74) is 1.44. The molecule has 0 atom stereocenters. The summed E-state index contributed by atoms with van der Waals surface area (Å²) in [5.74, 6) is -1.02. The van der Waals surface area contributed by atoms with E-state index in [0.717, 1.165) is 5.56 Å². The molecule has 1 rings (SSSR count). The van der Waals surface area contributed by atoms with Crippen LogP contribution in [0.15, 0.2) is 12.1 Å². The van der Waals surface area contributed by atoms with Crippen LogP contribution in [0.1, 0.15) is 42.3 Å². The lowest BCUT2D eigenvalue weighted by atomic mass is 10.0. The van der Waals surface area contributed by atoms with Crippen LogP contribution in [0.2, 0.25) is 0 Å². The second kappa shape index (κ2) is 5.30. The van der Waals surface area contributed by atoms with Gasteiger partial charge in [-0.2, -0.15) is 0 Å². The van der Waals surface area contributed by atoms with Crippen LogP contribution in [-0.4, -0.2) is 22.8 Å². The molecule has 1 aromatic rings. The van der Waals surface area contributed by atoms with Crippen molar-refractivity contribution in [1.29, 1.82) is 0 Å². The topological polar surface area (TPSA) is 75.6 Å². The number of benzene rings is 1. The van der Waals surface area contributed by atoms with E-state index in [2.05, 4.69) is 5.32 Å². The number of hydrogen-bond donors (Lipinski definition) is 2. The van der Waals surface area contributed by atoms with Gasteiger partial charge in [0.05, 0.1) is 5.56 Å². The van der Waals surface area contributed by atoms with E-state index in [4.69, 9.17) is 9.84 Å². The number of amides is 1. The smallest absolute Gasteiger partial charge is 0.412 e. The van der Waals surface area contributed by atoms with Crippen LogP contribution in [0.25, 0.3) is 0 Å². The first-order valence-corrected chi connectivity index (χ1v) is 5.94. The number of ether oxygens (including phenoxy) is 1. The van der Waals surface area contributed by atoms with Gasteiger partial charge in [-0.3, -0.25) is 5.32 Å². The van der Waals surface area contributed by atoms with Gasteiger partial charge in [0.2, 0.25) is 0 Å². The molecule has 5 heteroatoms. The fourth-order valence-electron chi connectivity index (χ4n) is 1.63. The lowest BCUT2D eigenvalue weighted by Crippen LogP contribution is -2.27. The Kier molecular flexibility index (Phi) is 4.19. The third-order valence-electron chi connectivity index (χ3n) is 2.44. The summed E-state index contributed by atoms with van der Waals surface area (Å²) >= 11 is 0. The minimum Gasteiger partial charge on any atom is -0.478 e. The Balaban J connectivity index is 2.99. The number of carbonyl (C=O) groups excluding carboxylic acids is 1. The molecule has 0 unspecified atom stereocenters. The molecule has 0 saturated heterocycles. The van der Waals surface area contributed by atoms with Crippen molar-refractivity contribution in [1.82, 2.24) is 0 Å². The molecular weight excluding hydrogens is 246 g/mol. The van der Waals surface area contributed by atoms with Crippen molar-refractivity contribution in [2.24, 2.45) is 0 Å². The lowest BCUT2D eigenvalue weighted by molar-refractivity contribution is 0.0632. The van der Waals surface area contributed by atoms with Crippen LogP contribution in [0.4, 0.5) is 10.5 Å². The first-order chi connectivity index (χ1) is 8.60. The van der Waals surface area contributed by atoms with Gasteiger partial charge in [0.15, 0.2) is 0 Å². The molecule has 1 amide bonds. The first kappa shape index (κ1) is 15.0. The van der Waals surface area contributed by atoms with E-state index in [1.807, 2.05) is 0 Å². The summed E-state index contributed by atoms with van der Waals surface area (Å²) in [7, 11) is 0. The molecule has 1 aromatic carbocycles. The minimum atomic E-state index is -1.02. The Hall–Kier alpha value is -2.04. The van der Waals surface area contributed by atoms with Crippen LogP contribution in [-0.2, 0) is 4.74 Å². The van der Waals surface area contributed by atoms with Gasteiger partial charge in [-0.1, -0.05) is 6.07 Å². The van der Waals surface area contributed by atoms with Gasteiger partial charge in [-0.25, -0.2) is 9.59 Å². The van der Waals surface area contributed by atoms with E-state index in [-0.39, 0.29) is 5.56 Å². The fourth-order valence-corrected chi connectivity index (χ4v) is 1.63. The molecule has 104 valence electrons. The van der Waals surface area contributed by atoms with Crippen LogP contribution in [0.5, 0.6) is 0 Å². The number of carboxylic acids is 1. The summed E-state index contributed by atoms with van der Waals surface area (Å²) in [5, 5.41) is 11.6. The fraction of sp³-hybridized carbons (Fsp3) is 0.429. The van der Waals surface area contributed by atoms with Crippen molar-refractivity contribution in [3.8, 4) is 0 Å². The van der Waals surface area contributed by atoms with E-state index < -0.39 is 17.7 Å². The predicted molar refractivity (Wildman–Crippen MR) is 72.7 cm³/mol. The highest BCUT2D eigenvalue weighted by Gasteiger charge is 2.18. The summed E-state index contributed by atoms with van der Waals surface area (Å²) in [6, 6.07) is 3.16. The van der Waals surface area contributed by atoms with E-state index in [1.54, 1.807) is 40.7 Å². The van der Waals surface area contributed by atoms with Crippen molar-refractivity contribution in [3.63, 3.8) is 0 Å². The van der Waals surface area contributed by atoms with Crippen LogP contribution in [0, 0.1) is 13.8 Å². The van der Waals surface area contributed by atoms with E-state index in [9.17, 15) is 9.59 Å². The van der Waals surface area contributed by atoms with Gasteiger partial charge in [-0.15, -0.1) is 0 Å². The molecule has 0 fully saturated rings. The average Bonchev–Trinajstić information content (AvgIpc) is 2.18. The number of anilines is 1. The molecule has 0 saturated carbocycles. The van der Waals surface area contributed by atoms with Gasteiger partial charge in [0.25, 0.3) is 0 Å². The SMILES string of the molecule is Cc1cc(C)c(C(=O)O)cc1NC(=O)OC(C)(C)C. The normalized spacial score (nSPS) is 11.0. The quantitative estimate of drug-likeness (QED) is 0.859. The van der Waals surface area contributed by atoms with Gasteiger partial charge < -0.3 is 9.84 Å². The molecule has 0 heterocycles. The van der Waals surface area contributed by atoms with Gasteiger partial charge in [0, 0.05) is 5.69 Å². The highest BCUT2D eigenvalue weighted by Crippen LogP contribution is 2.21. The van der Waals surface area contributed by atoms with Crippen molar-refractivity contribution >= 4 is 17.7 Å². The number of aromatic carboxylic acids is 1. The second-order valence-corrected chi connectivity index (χ2v) is 5.41. The van der Waals surface area contributed by atoms with Crippen LogP contribution < -0.4 is 5.32 Å². The minimum absolute atomic E-state index is 0.164. The van der Waals surface area contributed by atoms with Gasteiger partial charge in [0.1, 0.15) is 5.60 Å². The Bertz CT molecular complexity index is 515. The molecule has 0 aromatic heterocycles. The average molecular weight is 265 g/mol. The van der Waals surface area contributed by atoms with E-state index >= 15 is 0 Å². The molecule has 2 N–H and O–H groups in total. The Morgan fingerprint density at radius 3 is 2.21 bits per heavy atom. The highest BCUT2D eigenvalue weighted by atomic mass is 16.6. The van der Waals surface area contributed by atoms with Crippen molar-refractivity contribution < 1.29 is 19.4 Å². The monoisotopic (exact) mass is 265 g/mol. The van der Waals surface area contributed by atoms with Crippen LogP contribution in [0.3, 0.4) is 0 Å². The van der Waals surface area contributed by atoms with Crippen molar-refractivity contribution in [2.45, 2.75) is 40.2 Å². The molecule has 0 radical (unpaired) electrons.